The number of nitrogens with one attached hydrogen (secondary N) is 1. The average molecular weight is 491 g/mol. The molecule has 0 aliphatic carbocycles. The number of alkyl halides is 3. The first kappa shape index (κ1) is 24.5. The molecule has 7 nitrogen and oxygen atoms in total. The van der Waals surface area contributed by atoms with Crippen molar-refractivity contribution in [2.75, 3.05) is 18.4 Å². The molecular formula is C24H25F4N5O2. The number of hydrogen-bond donors (Lipinski definition) is 2. The molecule has 0 aromatic carbocycles. The third-order valence-electron chi connectivity index (χ3n) is 6.26. The summed E-state index contributed by atoms with van der Waals surface area (Å²) in [6.45, 7) is 9.55. The lowest BCUT2D eigenvalue weighted by Gasteiger charge is -2.41. The van der Waals surface area contributed by atoms with E-state index in [4.69, 9.17) is 0 Å². The fourth-order valence-corrected chi connectivity index (χ4v) is 4.15. The molecule has 0 saturated carbocycles. The molecule has 0 amide bonds. The van der Waals surface area contributed by atoms with Crippen LogP contribution in [0.15, 0.2) is 71.2 Å². The summed E-state index contributed by atoms with van der Waals surface area (Å²) in [4.78, 5) is 22.9. The maximum absolute atomic E-state index is 14.5. The number of hydrogen-bond acceptors (Lipinski definition) is 6. The number of carbonyl (C=O) groups is 1. The predicted octanol–water partition coefficient (Wildman–Crippen LogP) is 5.06. The van der Waals surface area contributed by atoms with Gasteiger partial charge in [-0.1, -0.05) is 20.4 Å². The minimum Gasteiger partial charge on any atom is -0.478 e. The number of likely N-dealkylation sites (tertiary alicyclic amines) is 1. The first-order chi connectivity index (χ1) is 16.4. The Bertz CT molecular complexity index is 1170. The number of piperidine rings is 1. The third-order valence-corrected chi connectivity index (χ3v) is 6.26. The van der Waals surface area contributed by atoms with Gasteiger partial charge >= 0.3 is 12.1 Å². The van der Waals surface area contributed by atoms with Gasteiger partial charge in [-0.2, -0.15) is 13.2 Å². The summed E-state index contributed by atoms with van der Waals surface area (Å²) >= 11 is 0. The molecule has 1 atom stereocenters. The number of halogens is 4. The van der Waals surface area contributed by atoms with E-state index in [9.17, 15) is 27.5 Å². The van der Waals surface area contributed by atoms with Crippen molar-refractivity contribution in [1.82, 2.24) is 14.8 Å². The Morgan fingerprint density at radius 2 is 1.94 bits per heavy atom. The maximum Gasteiger partial charge on any atom is 0.412 e. The largest absolute Gasteiger partial charge is 0.478 e. The summed E-state index contributed by atoms with van der Waals surface area (Å²) in [6, 6.07) is -0.0529. The number of allylic oxidation sites excluding steroid dienone is 3. The zero-order valence-electron chi connectivity index (χ0n) is 19.2. The van der Waals surface area contributed by atoms with Crippen LogP contribution in [0.25, 0.3) is 0 Å². The number of amidine groups is 1. The van der Waals surface area contributed by atoms with Gasteiger partial charge in [-0.3, -0.25) is 4.90 Å². The van der Waals surface area contributed by atoms with Crippen LogP contribution in [0.3, 0.4) is 0 Å². The molecule has 3 aliphatic heterocycles. The highest BCUT2D eigenvalue weighted by Crippen LogP contribution is 2.38. The van der Waals surface area contributed by atoms with Crippen LogP contribution in [-0.4, -0.2) is 57.0 Å². The van der Waals surface area contributed by atoms with E-state index in [0.29, 0.717) is 18.9 Å². The fourth-order valence-electron chi connectivity index (χ4n) is 4.15. The maximum atomic E-state index is 14.5. The average Bonchev–Trinajstić information content (AvgIpc) is 2.77. The van der Waals surface area contributed by atoms with E-state index in [2.05, 4.69) is 35.7 Å². The molecule has 4 rings (SSSR count). The highest BCUT2D eigenvalue weighted by atomic mass is 19.4. The standard InChI is InChI=1S/C24H25F4N5O2/c1-14-11-18(32-9-6-23(2,3)7-10-32)30-21-17(12-15(25)13-33(14)21)19(24(26,27)28)31-20-16(22(34)35)5-4-8-29-20/h4-5,8,11-13,19H,1,6-7,9-10H2,2-3H3,(H,29,31)(H,34,35)/t19-/m0/s1. The van der Waals surface area contributed by atoms with Crippen LogP contribution >= 0.6 is 0 Å². The number of carboxylic acids is 1. The van der Waals surface area contributed by atoms with Gasteiger partial charge in [0.1, 0.15) is 28.9 Å². The SMILES string of the molecule is C=C1C=C(N2CCC(C)(C)CC2)N=C2C([C@H](Nc3ncccc3C(=O)O)C(F)(F)F)=CC(F)=CN12. The zero-order valence-corrected chi connectivity index (χ0v) is 19.2. The van der Waals surface area contributed by atoms with Gasteiger partial charge in [-0.05, 0) is 36.5 Å². The van der Waals surface area contributed by atoms with Crippen LogP contribution in [0.5, 0.6) is 0 Å². The summed E-state index contributed by atoms with van der Waals surface area (Å²) in [5, 5.41) is 11.5. The lowest BCUT2D eigenvalue weighted by atomic mass is 9.83. The number of nitrogens with zero attached hydrogens (tertiary/aromatic N) is 4. The van der Waals surface area contributed by atoms with E-state index in [1.54, 1.807) is 6.08 Å². The summed E-state index contributed by atoms with van der Waals surface area (Å²) < 4.78 is 57.4. The van der Waals surface area contributed by atoms with Crippen molar-refractivity contribution in [2.24, 2.45) is 10.4 Å². The van der Waals surface area contributed by atoms with Crippen LogP contribution in [0, 0.1) is 5.41 Å². The van der Waals surface area contributed by atoms with Gasteiger partial charge in [-0.15, -0.1) is 0 Å². The molecule has 1 fully saturated rings. The molecule has 1 aromatic heterocycles. The van der Waals surface area contributed by atoms with Gasteiger partial charge in [0.15, 0.2) is 6.04 Å². The number of pyridine rings is 1. The van der Waals surface area contributed by atoms with Gasteiger partial charge in [0, 0.05) is 42.8 Å². The molecule has 11 heteroatoms. The van der Waals surface area contributed by atoms with E-state index < -0.39 is 41.0 Å². The highest BCUT2D eigenvalue weighted by Gasteiger charge is 2.47. The molecule has 0 spiro atoms. The molecule has 0 radical (unpaired) electrons. The van der Waals surface area contributed by atoms with Gasteiger partial charge < -0.3 is 15.3 Å². The second-order valence-corrected chi connectivity index (χ2v) is 9.39. The van der Waals surface area contributed by atoms with Gasteiger partial charge in [0.25, 0.3) is 0 Å². The second-order valence-electron chi connectivity index (χ2n) is 9.39. The van der Waals surface area contributed by atoms with Crippen molar-refractivity contribution in [3.05, 3.63) is 71.7 Å². The fraction of sp³-hybridized carbons (Fsp3) is 0.375. The summed E-state index contributed by atoms with van der Waals surface area (Å²) in [5.41, 5.74) is -0.541. The number of aromatic carboxylic acids is 1. The predicted molar refractivity (Wildman–Crippen MR) is 123 cm³/mol. The van der Waals surface area contributed by atoms with Crippen molar-refractivity contribution in [3.63, 3.8) is 0 Å². The number of anilines is 1. The number of carboxylic acid groups (broad SMARTS) is 1. The highest BCUT2D eigenvalue weighted by molar-refractivity contribution is 6.04. The minimum atomic E-state index is -4.93. The molecule has 0 bridgehead atoms. The molecule has 4 heterocycles. The van der Waals surface area contributed by atoms with Crippen LogP contribution in [0.4, 0.5) is 23.4 Å². The second kappa shape index (κ2) is 8.86. The van der Waals surface area contributed by atoms with Crippen LogP contribution < -0.4 is 5.32 Å². The molecule has 0 unspecified atom stereocenters. The summed E-state index contributed by atoms with van der Waals surface area (Å²) in [7, 11) is 0. The Balaban J connectivity index is 1.74. The normalized spacial score (nSPS) is 20.8. The van der Waals surface area contributed by atoms with Crippen LogP contribution in [0.2, 0.25) is 0 Å². The molecule has 3 aliphatic rings. The molecule has 35 heavy (non-hydrogen) atoms. The van der Waals surface area contributed by atoms with Crippen molar-refractivity contribution >= 4 is 17.6 Å². The van der Waals surface area contributed by atoms with E-state index in [0.717, 1.165) is 31.2 Å². The molecular weight excluding hydrogens is 466 g/mol. The number of fused-ring (bicyclic) bond motifs is 1. The first-order valence-electron chi connectivity index (χ1n) is 11.0. The molecule has 1 saturated heterocycles. The first-order valence-corrected chi connectivity index (χ1v) is 11.0. The molecule has 2 N–H and O–H groups in total. The smallest absolute Gasteiger partial charge is 0.412 e. The van der Waals surface area contributed by atoms with Crippen molar-refractivity contribution in [3.8, 4) is 0 Å². The Hall–Kier alpha value is -3.63. The van der Waals surface area contributed by atoms with Crippen molar-refractivity contribution in [1.29, 1.82) is 0 Å². The van der Waals surface area contributed by atoms with E-state index in [1.165, 1.54) is 17.2 Å². The van der Waals surface area contributed by atoms with E-state index in [-0.39, 0.29) is 16.9 Å². The molecule has 186 valence electrons. The van der Waals surface area contributed by atoms with Crippen molar-refractivity contribution < 1.29 is 27.5 Å². The van der Waals surface area contributed by atoms with Gasteiger partial charge in [0.2, 0.25) is 0 Å². The lowest BCUT2D eigenvalue weighted by Crippen LogP contribution is -2.46. The van der Waals surface area contributed by atoms with Crippen LogP contribution in [0.1, 0.15) is 37.0 Å². The topological polar surface area (TPSA) is 81.1 Å². The molecule has 1 aromatic rings. The van der Waals surface area contributed by atoms with E-state index >= 15 is 0 Å². The lowest BCUT2D eigenvalue weighted by molar-refractivity contribution is -0.133. The zero-order chi connectivity index (χ0) is 25.5. The Labute approximate surface area is 199 Å². The van der Waals surface area contributed by atoms with Crippen molar-refractivity contribution in [2.45, 2.75) is 38.9 Å². The van der Waals surface area contributed by atoms with Gasteiger partial charge in [-0.25, -0.2) is 19.2 Å². The monoisotopic (exact) mass is 491 g/mol. The number of aromatic nitrogens is 1. The number of rotatable bonds is 5. The summed E-state index contributed by atoms with van der Waals surface area (Å²) in [6.07, 6.45) is 1.39. The third kappa shape index (κ3) is 5.08. The Morgan fingerprint density at radius 3 is 2.57 bits per heavy atom. The number of aliphatic imine (C=N–C) groups is 1. The quantitative estimate of drug-likeness (QED) is 0.561. The van der Waals surface area contributed by atoms with E-state index in [1.807, 2.05) is 4.90 Å². The Kier molecular flexibility index (Phi) is 6.20. The van der Waals surface area contributed by atoms with Crippen LogP contribution in [-0.2, 0) is 0 Å². The minimum absolute atomic E-state index is 0.138. The Morgan fingerprint density at radius 1 is 1.26 bits per heavy atom. The van der Waals surface area contributed by atoms with Gasteiger partial charge in [0.05, 0.1) is 0 Å². The summed E-state index contributed by atoms with van der Waals surface area (Å²) in [5.74, 6) is -2.56.